The van der Waals surface area contributed by atoms with E-state index in [9.17, 15) is 17.6 Å². The van der Waals surface area contributed by atoms with Gasteiger partial charge in [-0.05, 0) is 31.0 Å². The monoisotopic (exact) mass is 391 g/mol. The van der Waals surface area contributed by atoms with Crippen molar-refractivity contribution in [2.24, 2.45) is 0 Å². The molecule has 1 atom stereocenters. The number of hydrogen-bond acceptors (Lipinski definition) is 4. The molecule has 0 aliphatic carbocycles. The number of unbranched alkanes of at least 4 members (excludes halogenated alkanes) is 1. The summed E-state index contributed by atoms with van der Waals surface area (Å²) < 4.78 is 41.9. The molecule has 2 rings (SSSR count). The minimum atomic E-state index is -3.05. The molecule has 0 bridgehead atoms. The van der Waals surface area contributed by atoms with Crippen molar-refractivity contribution in [3.8, 4) is 5.75 Å². The van der Waals surface area contributed by atoms with Gasteiger partial charge < -0.3 is 9.64 Å². The van der Waals surface area contributed by atoms with Crippen LogP contribution in [0.25, 0.3) is 0 Å². The van der Waals surface area contributed by atoms with Crippen molar-refractivity contribution in [1.29, 1.82) is 0 Å². The van der Waals surface area contributed by atoms with E-state index in [1.54, 1.807) is 4.90 Å². The maximum atomic E-state index is 13.0. The number of carbonyl (C=O) groups is 1. The van der Waals surface area contributed by atoms with E-state index in [1.165, 1.54) is 12.1 Å². The van der Waals surface area contributed by atoms with Crippen LogP contribution in [0.15, 0.2) is 18.2 Å². The van der Waals surface area contributed by atoms with E-state index in [-0.39, 0.29) is 41.5 Å². The molecule has 1 saturated heterocycles. The highest BCUT2D eigenvalue weighted by molar-refractivity contribution is 7.91. The van der Waals surface area contributed by atoms with Crippen LogP contribution in [-0.2, 0) is 14.6 Å². The quantitative estimate of drug-likeness (QED) is 0.683. The minimum Gasteiger partial charge on any atom is -0.491 e. The topological polar surface area (TPSA) is 63.7 Å². The number of benzene rings is 1. The van der Waals surface area contributed by atoms with Gasteiger partial charge in [0.2, 0.25) is 5.91 Å². The van der Waals surface area contributed by atoms with Crippen molar-refractivity contribution in [3.05, 3.63) is 29.0 Å². The van der Waals surface area contributed by atoms with Gasteiger partial charge in [0.25, 0.3) is 0 Å². The predicted octanol–water partition coefficient (Wildman–Crippen LogP) is 3.06. The summed E-state index contributed by atoms with van der Waals surface area (Å²) in [5, 5.41) is 0.150. The smallest absolute Gasteiger partial charge is 0.226 e. The third-order valence-electron chi connectivity index (χ3n) is 4.19. The van der Waals surface area contributed by atoms with Crippen molar-refractivity contribution >= 4 is 27.3 Å². The molecule has 1 aromatic rings. The molecule has 0 spiro atoms. The Morgan fingerprint density at radius 1 is 1.44 bits per heavy atom. The molecular weight excluding hydrogens is 369 g/mol. The Kier molecular flexibility index (Phi) is 7.07. The van der Waals surface area contributed by atoms with Crippen LogP contribution in [-0.4, -0.2) is 49.9 Å². The van der Waals surface area contributed by atoms with Crippen molar-refractivity contribution in [1.82, 2.24) is 4.90 Å². The number of hydrogen-bond donors (Lipinski definition) is 0. The van der Waals surface area contributed by atoms with Gasteiger partial charge in [0.15, 0.2) is 9.84 Å². The molecule has 0 N–H and O–H groups in total. The summed E-state index contributed by atoms with van der Waals surface area (Å²) in [6.45, 7) is 2.67. The summed E-state index contributed by atoms with van der Waals surface area (Å²) >= 11 is 5.88. The molecule has 1 fully saturated rings. The summed E-state index contributed by atoms with van der Waals surface area (Å²) in [4.78, 5) is 14.2. The molecule has 1 unspecified atom stereocenters. The van der Waals surface area contributed by atoms with E-state index in [1.807, 2.05) is 6.92 Å². The number of carbonyl (C=O) groups excluding carboxylic acids is 1. The molecule has 0 saturated carbocycles. The fraction of sp³-hybridized carbons (Fsp3) is 0.588. The Morgan fingerprint density at radius 2 is 2.20 bits per heavy atom. The van der Waals surface area contributed by atoms with Gasteiger partial charge in [-0.15, -0.1) is 0 Å². The number of nitrogens with zero attached hydrogens (tertiary/aromatic N) is 1. The Labute approximate surface area is 153 Å². The number of ether oxygens (including phenoxy) is 1. The zero-order valence-corrected chi connectivity index (χ0v) is 15.8. The molecule has 1 aromatic carbocycles. The van der Waals surface area contributed by atoms with E-state index in [0.29, 0.717) is 18.7 Å². The van der Waals surface area contributed by atoms with Gasteiger partial charge in [-0.25, -0.2) is 12.8 Å². The van der Waals surface area contributed by atoms with Gasteiger partial charge in [-0.1, -0.05) is 24.9 Å². The molecule has 140 valence electrons. The summed E-state index contributed by atoms with van der Waals surface area (Å²) in [5.74, 6) is -0.0997. The molecule has 8 heteroatoms. The zero-order chi connectivity index (χ0) is 18.4. The Morgan fingerprint density at radius 3 is 2.80 bits per heavy atom. The van der Waals surface area contributed by atoms with Gasteiger partial charge in [-0.3, -0.25) is 4.79 Å². The number of rotatable bonds is 8. The molecule has 25 heavy (non-hydrogen) atoms. The van der Waals surface area contributed by atoms with Gasteiger partial charge in [0, 0.05) is 12.6 Å². The highest BCUT2D eigenvalue weighted by Gasteiger charge is 2.34. The van der Waals surface area contributed by atoms with Crippen LogP contribution in [0.2, 0.25) is 5.02 Å². The van der Waals surface area contributed by atoms with Gasteiger partial charge in [-0.2, -0.15) is 0 Å². The van der Waals surface area contributed by atoms with Gasteiger partial charge >= 0.3 is 0 Å². The van der Waals surface area contributed by atoms with Crippen LogP contribution in [0.3, 0.4) is 0 Å². The first-order valence-corrected chi connectivity index (χ1v) is 10.6. The van der Waals surface area contributed by atoms with E-state index in [0.717, 1.165) is 18.9 Å². The first kappa shape index (κ1) is 20.0. The molecule has 1 amide bonds. The highest BCUT2D eigenvalue weighted by atomic mass is 35.5. The Bertz CT molecular complexity index is 711. The Balaban J connectivity index is 1.92. The number of sulfone groups is 1. The van der Waals surface area contributed by atoms with Crippen molar-refractivity contribution < 1.29 is 22.3 Å². The summed E-state index contributed by atoms with van der Waals surface area (Å²) in [6, 6.07) is 3.55. The second-order valence-corrected chi connectivity index (χ2v) is 8.81. The lowest BCUT2D eigenvalue weighted by molar-refractivity contribution is -0.133. The first-order valence-electron chi connectivity index (χ1n) is 8.40. The highest BCUT2D eigenvalue weighted by Crippen LogP contribution is 2.25. The normalized spacial score (nSPS) is 18.9. The lowest BCUT2D eigenvalue weighted by atomic mass is 10.2. The van der Waals surface area contributed by atoms with Crippen LogP contribution in [0.5, 0.6) is 5.75 Å². The number of amides is 1. The Hall–Kier alpha value is -1.34. The lowest BCUT2D eigenvalue weighted by Crippen LogP contribution is -2.42. The van der Waals surface area contributed by atoms with Gasteiger partial charge in [0.05, 0.1) is 29.6 Å². The van der Waals surface area contributed by atoms with E-state index in [2.05, 4.69) is 0 Å². The first-order chi connectivity index (χ1) is 11.8. The second kappa shape index (κ2) is 8.85. The molecule has 1 aliphatic heterocycles. The molecule has 0 aromatic heterocycles. The fourth-order valence-electron chi connectivity index (χ4n) is 2.84. The van der Waals surface area contributed by atoms with Crippen LogP contribution in [0, 0.1) is 5.82 Å². The van der Waals surface area contributed by atoms with E-state index in [4.69, 9.17) is 16.3 Å². The average Bonchev–Trinajstić information content (AvgIpc) is 2.89. The fourth-order valence-corrected chi connectivity index (χ4v) is 4.80. The van der Waals surface area contributed by atoms with Gasteiger partial charge in [0.1, 0.15) is 11.6 Å². The van der Waals surface area contributed by atoms with Crippen LogP contribution in [0.1, 0.15) is 32.6 Å². The van der Waals surface area contributed by atoms with Crippen LogP contribution in [0.4, 0.5) is 4.39 Å². The largest absolute Gasteiger partial charge is 0.491 e. The maximum absolute atomic E-state index is 13.0. The standard InChI is InChI=1S/C17H23ClFNO4S/c1-2-3-8-20(14-7-10-25(22,23)12-14)17(21)6-9-24-16-5-4-13(19)11-15(16)18/h4-5,11,14H,2-3,6-10,12H2,1H3. The summed E-state index contributed by atoms with van der Waals surface area (Å²) in [6.07, 6.45) is 2.36. The van der Waals surface area contributed by atoms with Crippen LogP contribution < -0.4 is 4.74 Å². The summed E-state index contributed by atoms with van der Waals surface area (Å²) in [5.41, 5.74) is 0. The van der Waals surface area contributed by atoms with Crippen molar-refractivity contribution in [3.63, 3.8) is 0 Å². The van der Waals surface area contributed by atoms with Crippen LogP contribution >= 0.6 is 11.6 Å². The molecule has 5 nitrogen and oxygen atoms in total. The van der Waals surface area contributed by atoms with E-state index < -0.39 is 15.7 Å². The van der Waals surface area contributed by atoms with Crippen molar-refractivity contribution in [2.75, 3.05) is 24.7 Å². The lowest BCUT2D eigenvalue weighted by Gasteiger charge is -2.28. The molecular formula is C17H23ClFNO4S. The second-order valence-electron chi connectivity index (χ2n) is 6.17. The molecule has 0 radical (unpaired) electrons. The van der Waals surface area contributed by atoms with E-state index >= 15 is 0 Å². The SMILES string of the molecule is CCCCN(C(=O)CCOc1ccc(F)cc1Cl)C1CCS(=O)(=O)C1. The minimum absolute atomic E-state index is 0.0348. The molecule has 1 heterocycles. The summed E-state index contributed by atoms with van der Waals surface area (Å²) in [7, 11) is -3.05. The van der Waals surface area contributed by atoms with Crippen molar-refractivity contribution in [2.45, 2.75) is 38.6 Å². The average molecular weight is 392 g/mol. The maximum Gasteiger partial charge on any atom is 0.226 e. The predicted molar refractivity (Wildman–Crippen MR) is 95.2 cm³/mol. The molecule has 1 aliphatic rings. The number of halogens is 2. The third-order valence-corrected chi connectivity index (χ3v) is 6.24. The third kappa shape index (κ3) is 5.85. The zero-order valence-electron chi connectivity index (χ0n) is 14.2.